The molecule has 106 valence electrons. The summed E-state index contributed by atoms with van der Waals surface area (Å²) in [6.07, 6.45) is 2.08. The normalized spacial score (nSPS) is 18.5. The smallest absolute Gasteiger partial charge is 0.130 e. The molecule has 1 heterocycles. The van der Waals surface area contributed by atoms with Gasteiger partial charge in [-0.05, 0) is 31.0 Å². The third-order valence-corrected chi connectivity index (χ3v) is 4.22. The molecule has 1 saturated heterocycles. The van der Waals surface area contributed by atoms with Crippen LogP contribution < -0.4 is 5.32 Å². The van der Waals surface area contributed by atoms with Gasteiger partial charge in [0, 0.05) is 42.3 Å². The fourth-order valence-electron chi connectivity index (χ4n) is 2.80. The number of piperazine rings is 1. The number of halogens is 2. The second-order valence-electron chi connectivity index (χ2n) is 5.22. The number of nitrogens with one attached hydrogen (secondary N) is 1. The van der Waals surface area contributed by atoms with Gasteiger partial charge >= 0.3 is 0 Å². The first-order chi connectivity index (χ1) is 9.13. The predicted octanol–water partition coefficient (Wildman–Crippen LogP) is 3.64. The third kappa shape index (κ3) is 3.56. The maximum atomic E-state index is 14.4. The summed E-state index contributed by atoms with van der Waals surface area (Å²) in [6, 6.07) is 3.99. The molecule has 1 aliphatic heterocycles. The second-order valence-corrected chi connectivity index (χ2v) is 6.13. The molecule has 19 heavy (non-hydrogen) atoms. The molecule has 1 atom stereocenters. The van der Waals surface area contributed by atoms with Crippen LogP contribution in [0.5, 0.6) is 0 Å². The van der Waals surface area contributed by atoms with Crippen LogP contribution in [0.3, 0.4) is 0 Å². The van der Waals surface area contributed by atoms with Crippen molar-refractivity contribution in [2.45, 2.75) is 32.7 Å². The molecule has 0 unspecified atom stereocenters. The Balaban J connectivity index is 2.32. The SMILES string of the molecule is CCC[C@H](c1cc(Br)cc(C)c1F)N1CCNCC1. The highest BCUT2D eigenvalue weighted by Gasteiger charge is 2.24. The van der Waals surface area contributed by atoms with E-state index in [0.717, 1.165) is 54.6 Å². The fraction of sp³-hybridized carbons (Fsp3) is 0.600. The number of rotatable bonds is 4. The van der Waals surface area contributed by atoms with Crippen molar-refractivity contribution in [3.63, 3.8) is 0 Å². The molecule has 0 aliphatic carbocycles. The molecule has 0 spiro atoms. The molecule has 0 radical (unpaired) electrons. The van der Waals surface area contributed by atoms with Gasteiger partial charge in [-0.15, -0.1) is 0 Å². The van der Waals surface area contributed by atoms with Crippen molar-refractivity contribution in [3.8, 4) is 0 Å². The average Bonchev–Trinajstić information content (AvgIpc) is 2.41. The van der Waals surface area contributed by atoms with Crippen LogP contribution >= 0.6 is 15.9 Å². The summed E-state index contributed by atoms with van der Waals surface area (Å²) >= 11 is 3.49. The minimum atomic E-state index is -0.0415. The third-order valence-electron chi connectivity index (χ3n) is 3.76. The first-order valence-electron chi connectivity index (χ1n) is 7.03. The standard InChI is InChI=1S/C15H22BrFN2/c1-3-4-14(19-7-5-18-6-8-19)13-10-12(16)9-11(2)15(13)17/h9-10,14,18H,3-8H2,1-2H3/t14-/m1/s1. The van der Waals surface area contributed by atoms with Crippen LogP contribution in [0.4, 0.5) is 4.39 Å². The van der Waals surface area contributed by atoms with Gasteiger partial charge in [0.25, 0.3) is 0 Å². The molecule has 0 aromatic heterocycles. The summed E-state index contributed by atoms with van der Waals surface area (Å²) in [5.41, 5.74) is 1.57. The second kappa shape index (κ2) is 6.82. The minimum Gasteiger partial charge on any atom is -0.314 e. The highest BCUT2D eigenvalue weighted by atomic mass is 79.9. The van der Waals surface area contributed by atoms with Gasteiger partial charge in [0.1, 0.15) is 5.82 Å². The van der Waals surface area contributed by atoms with Crippen molar-refractivity contribution < 1.29 is 4.39 Å². The van der Waals surface area contributed by atoms with Crippen molar-refractivity contribution in [2.24, 2.45) is 0 Å². The van der Waals surface area contributed by atoms with E-state index in [2.05, 4.69) is 33.1 Å². The zero-order chi connectivity index (χ0) is 13.8. The summed E-state index contributed by atoms with van der Waals surface area (Å²) in [6.45, 7) is 7.98. The summed E-state index contributed by atoms with van der Waals surface area (Å²) in [5, 5.41) is 3.36. The first-order valence-corrected chi connectivity index (χ1v) is 7.83. The van der Waals surface area contributed by atoms with Gasteiger partial charge in [-0.25, -0.2) is 4.39 Å². The van der Waals surface area contributed by atoms with Crippen LogP contribution in [0.2, 0.25) is 0 Å². The summed E-state index contributed by atoms with van der Waals surface area (Å²) < 4.78 is 15.4. The van der Waals surface area contributed by atoms with Crippen LogP contribution in [0, 0.1) is 12.7 Å². The Labute approximate surface area is 123 Å². The molecule has 0 saturated carbocycles. The van der Waals surface area contributed by atoms with Gasteiger partial charge in [0.15, 0.2) is 0 Å². The van der Waals surface area contributed by atoms with Crippen LogP contribution in [-0.4, -0.2) is 31.1 Å². The molecule has 2 nitrogen and oxygen atoms in total. The summed E-state index contributed by atoms with van der Waals surface area (Å²) in [5.74, 6) is -0.0415. The van der Waals surface area contributed by atoms with Gasteiger partial charge < -0.3 is 5.32 Å². The van der Waals surface area contributed by atoms with Crippen molar-refractivity contribution >= 4 is 15.9 Å². The Kier molecular flexibility index (Phi) is 5.37. The maximum absolute atomic E-state index is 14.4. The molecular weight excluding hydrogens is 307 g/mol. The maximum Gasteiger partial charge on any atom is 0.130 e. The van der Waals surface area contributed by atoms with E-state index >= 15 is 0 Å². The molecule has 1 aromatic carbocycles. The van der Waals surface area contributed by atoms with Crippen molar-refractivity contribution in [1.29, 1.82) is 0 Å². The van der Waals surface area contributed by atoms with Gasteiger partial charge in [0.2, 0.25) is 0 Å². The number of hydrogen-bond donors (Lipinski definition) is 1. The van der Waals surface area contributed by atoms with Crippen LogP contribution in [-0.2, 0) is 0 Å². The number of aryl methyl sites for hydroxylation is 1. The monoisotopic (exact) mass is 328 g/mol. The lowest BCUT2D eigenvalue weighted by Crippen LogP contribution is -2.45. The van der Waals surface area contributed by atoms with Gasteiger partial charge in [-0.1, -0.05) is 29.3 Å². The van der Waals surface area contributed by atoms with E-state index in [-0.39, 0.29) is 11.9 Å². The average molecular weight is 329 g/mol. The van der Waals surface area contributed by atoms with Gasteiger partial charge in [0.05, 0.1) is 0 Å². The van der Waals surface area contributed by atoms with Crippen molar-refractivity contribution in [3.05, 3.63) is 33.5 Å². The fourth-order valence-corrected chi connectivity index (χ4v) is 3.39. The highest BCUT2D eigenvalue weighted by molar-refractivity contribution is 9.10. The summed E-state index contributed by atoms with van der Waals surface area (Å²) in [7, 11) is 0. The Hall–Kier alpha value is -0.450. The topological polar surface area (TPSA) is 15.3 Å². The lowest BCUT2D eigenvalue weighted by Gasteiger charge is -2.35. The zero-order valence-electron chi connectivity index (χ0n) is 11.7. The highest BCUT2D eigenvalue weighted by Crippen LogP contribution is 2.31. The van der Waals surface area contributed by atoms with E-state index in [9.17, 15) is 4.39 Å². The van der Waals surface area contributed by atoms with Gasteiger partial charge in [-0.3, -0.25) is 4.90 Å². The van der Waals surface area contributed by atoms with E-state index in [1.807, 2.05) is 19.1 Å². The van der Waals surface area contributed by atoms with E-state index in [1.54, 1.807) is 0 Å². The minimum absolute atomic E-state index is 0.0415. The lowest BCUT2D eigenvalue weighted by atomic mass is 9.97. The van der Waals surface area contributed by atoms with Crippen molar-refractivity contribution in [1.82, 2.24) is 10.2 Å². The van der Waals surface area contributed by atoms with Gasteiger partial charge in [-0.2, -0.15) is 0 Å². The van der Waals surface area contributed by atoms with Crippen molar-refractivity contribution in [2.75, 3.05) is 26.2 Å². The Morgan fingerprint density at radius 3 is 2.68 bits per heavy atom. The summed E-state index contributed by atoms with van der Waals surface area (Å²) in [4.78, 5) is 2.41. The molecule has 1 aromatic rings. The van der Waals surface area contributed by atoms with Crippen LogP contribution in [0.25, 0.3) is 0 Å². The molecule has 1 fully saturated rings. The Bertz CT molecular complexity index is 430. The molecule has 0 bridgehead atoms. The first kappa shape index (κ1) is 14.9. The van der Waals surface area contributed by atoms with E-state index in [0.29, 0.717) is 0 Å². The predicted molar refractivity (Wildman–Crippen MR) is 80.9 cm³/mol. The molecule has 2 rings (SSSR count). The van der Waals surface area contributed by atoms with E-state index in [4.69, 9.17) is 0 Å². The number of nitrogens with zero attached hydrogens (tertiary/aromatic N) is 1. The van der Waals surface area contributed by atoms with E-state index in [1.165, 1.54) is 0 Å². The molecular formula is C15H22BrFN2. The molecule has 1 aliphatic rings. The Morgan fingerprint density at radius 2 is 2.05 bits per heavy atom. The number of hydrogen-bond acceptors (Lipinski definition) is 2. The molecule has 0 amide bonds. The van der Waals surface area contributed by atoms with E-state index < -0.39 is 0 Å². The zero-order valence-corrected chi connectivity index (χ0v) is 13.3. The lowest BCUT2D eigenvalue weighted by molar-refractivity contribution is 0.161. The quantitative estimate of drug-likeness (QED) is 0.907. The molecule has 1 N–H and O–H groups in total. The number of benzene rings is 1. The molecule has 4 heteroatoms. The van der Waals surface area contributed by atoms with Crippen LogP contribution in [0.1, 0.15) is 36.9 Å². The Morgan fingerprint density at radius 1 is 1.37 bits per heavy atom. The largest absolute Gasteiger partial charge is 0.314 e. The van der Waals surface area contributed by atoms with Crippen LogP contribution in [0.15, 0.2) is 16.6 Å².